The summed E-state index contributed by atoms with van der Waals surface area (Å²) in [4.78, 5) is 16.7. The first-order chi connectivity index (χ1) is 13.4. The zero-order chi connectivity index (χ0) is 20.1. The van der Waals surface area contributed by atoms with Crippen molar-refractivity contribution in [3.05, 3.63) is 53.3 Å². The molecule has 0 aliphatic carbocycles. The Bertz CT molecular complexity index is 1220. The summed E-state index contributed by atoms with van der Waals surface area (Å²) < 4.78 is 30.9. The SMILES string of the molecule is C#CCn1c(=NC(=O)CCOc2ccccc2)sc2cc(S(N)(=O)=O)ccc21. The number of hydrogen-bond donors (Lipinski definition) is 1. The van der Waals surface area contributed by atoms with Crippen LogP contribution in [0.2, 0.25) is 0 Å². The molecule has 28 heavy (non-hydrogen) atoms. The minimum absolute atomic E-state index is 0.0109. The number of rotatable bonds is 6. The first kappa shape index (κ1) is 19.8. The summed E-state index contributed by atoms with van der Waals surface area (Å²) in [5, 5.41) is 5.18. The summed E-state index contributed by atoms with van der Waals surface area (Å²) in [6, 6.07) is 13.6. The lowest BCUT2D eigenvalue weighted by molar-refractivity contribution is -0.118. The van der Waals surface area contributed by atoms with Crippen LogP contribution in [0.3, 0.4) is 0 Å². The molecule has 7 nitrogen and oxygen atoms in total. The number of terminal acetylenes is 1. The summed E-state index contributed by atoms with van der Waals surface area (Å²) in [5.41, 5.74) is 0.683. The Hall–Kier alpha value is -2.93. The van der Waals surface area contributed by atoms with Gasteiger partial charge >= 0.3 is 0 Å². The Kier molecular flexibility index (Phi) is 5.94. The zero-order valence-corrected chi connectivity index (χ0v) is 16.4. The first-order valence-corrected chi connectivity index (χ1v) is 10.6. The third-order valence-electron chi connectivity index (χ3n) is 3.78. The van der Waals surface area contributed by atoms with Gasteiger partial charge in [0.1, 0.15) is 5.75 Å². The number of thiazole rings is 1. The normalized spacial score (nSPS) is 12.1. The number of primary sulfonamides is 1. The van der Waals surface area contributed by atoms with Crippen LogP contribution in [0, 0.1) is 12.3 Å². The summed E-state index contributed by atoms with van der Waals surface area (Å²) in [6.45, 7) is 0.392. The van der Waals surface area contributed by atoms with Crippen LogP contribution in [-0.4, -0.2) is 25.5 Å². The summed E-state index contributed by atoms with van der Waals surface area (Å²) in [5.74, 6) is 2.83. The van der Waals surface area contributed by atoms with Gasteiger partial charge in [0.05, 0.1) is 34.7 Å². The molecule has 0 aliphatic rings. The largest absolute Gasteiger partial charge is 0.493 e. The van der Waals surface area contributed by atoms with E-state index in [0.717, 1.165) is 0 Å². The van der Waals surface area contributed by atoms with Crippen LogP contribution in [0.25, 0.3) is 10.2 Å². The van der Waals surface area contributed by atoms with Crippen molar-refractivity contribution in [3.8, 4) is 18.1 Å². The maximum absolute atomic E-state index is 12.2. The van der Waals surface area contributed by atoms with Crippen LogP contribution >= 0.6 is 11.3 Å². The maximum Gasteiger partial charge on any atom is 0.251 e. The highest BCUT2D eigenvalue weighted by molar-refractivity contribution is 7.89. The maximum atomic E-state index is 12.2. The highest BCUT2D eigenvalue weighted by Gasteiger charge is 2.13. The van der Waals surface area contributed by atoms with Crippen LogP contribution < -0.4 is 14.7 Å². The summed E-state index contributed by atoms with van der Waals surface area (Å²) in [6.07, 6.45) is 5.52. The van der Waals surface area contributed by atoms with Crippen molar-refractivity contribution >= 4 is 37.5 Å². The fraction of sp³-hybridized carbons (Fsp3) is 0.158. The van der Waals surface area contributed by atoms with Crippen molar-refractivity contribution in [2.45, 2.75) is 17.9 Å². The quantitative estimate of drug-likeness (QED) is 0.621. The second-order valence-electron chi connectivity index (χ2n) is 5.77. The van der Waals surface area contributed by atoms with Crippen LogP contribution in [0.4, 0.5) is 0 Å². The molecule has 0 saturated carbocycles. The number of aromatic nitrogens is 1. The first-order valence-electron chi connectivity index (χ1n) is 8.23. The van der Waals surface area contributed by atoms with Gasteiger partial charge in [-0.15, -0.1) is 6.42 Å². The van der Waals surface area contributed by atoms with Gasteiger partial charge in [-0.1, -0.05) is 35.5 Å². The van der Waals surface area contributed by atoms with E-state index in [1.807, 2.05) is 18.2 Å². The minimum atomic E-state index is -3.83. The van der Waals surface area contributed by atoms with Crippen LogP contribution in [0.5, 0.6) is 5.75 Å². The molecule has 144 valence electrons. The number of nitrogens with zero attached hydrogens (tertiary/aromatic N) is 2. The molecular weight excluding hydrogens is 398 g/mol. The number of fused-ring (bicyclic) bond motifs is 1. The monoisotopic (exact) mass is 415 g/mol. The van der Waals surface area contributed by atoms with E-state index >= 15 is 0 Å². The fourth-order valence-corrected chi connectivity index (χ4v) is 4.20. The molecule has 1 heterocycles. The summed E-state index contributed by atoms with van der Waals surface area (Å²) in [7, 11) is -3.83. The van der Waals surface area contributed by atoms with E-state index in [2.05, 4.69) is 10.9 Å². The van der Waals surface area contributed by atoms with E-state index in [1.54, 1.807) is 22.8 Å². The van der Waals surface area contributed by atoms with E-state index in [4.69, 9.17) is 16.3 Å². The third kappa shape index (κ3) is 4.67. The molecule has 2 N–H and O–H groups in total. The smallest absolute Gasteiger partial charge is 0.251 e. The molecule has 9 heteroatoms. The van der Waals surface area contributed by atoms with Gasteiger partial charge < -0.3 is 9.30 Å². The van der Waals surface area contributed by atoms with Gasteiger partial charge in [-0.05, 0) is 30.3 Å². The number of carbonyl (C=O) groups excluding carboxylic acids is 1. The zero-order valence-electron chi connectivity index (χ0n) is 14.7. The molecule has 0 atom stereocenters. The lowest BCUT2D eigenvalue weighted by Crippen LogP contribution is -2.17. The molecule has 2 aromatic carbocycles. The molecule has 0 radical (unpaired) electrons. The molecule has 0 saturated heterocycles. The molecule has 0 unspecified atom stereocenters. The van der Waals surface area contributed by atoms with Gasteiger partial charge in [-0.3, -0.25) is 4.79 Å². The lowest BCUT2D eigenvalue weighted by atomic mass is 10.3. The fourth-order valence-electron chi connectivity index (χ4n) is 2.50. The number of amides is 1. The highest BCUT2D eigenvalue weighted by Crippen LogP contribution is 2.21. The lowest BCUT2D eigenvalue weighted by Gasteiger charge is -2.03. The number of carbonyl (C=O) groups is 1. The molecule has 3 rings (SSSR count). The van der Waals surface area contributed by atoms with Crippen molar-refractivity contribution in [3.63, 3.8) is 0 Å². The van der Waals surface area contributed by atoms with Crippen molar-refractivity contribution in [2.75, 3.05) is 6.61 Å². The molecule has 3 aromatic rings. The van der Waals surface area contributed by atoms with E-state index in [9.17, 15) is 13.2 Å². The predicted molar refractivity (Wildman–Crippen MR) is 107 cm³/mol. The Morgan fingerprint density at radius 3 is 2.68 bits per heavy atom. The number of para-hydroxylation sites is 1. The highest BCUT2D eigenvalue weighted by atomic mass is 32.2. The molecule has 0 aliphatic heterocycles. The van der Waals surface area contributed by atoms with Gasteiger partial charge in [-0.25, -0.2) is 13.6 Å². The van der Waals surface area contributed by atoms with Crippen molar-refractivity contribution in [1.82, 2.24) is 4.57 Å². The molecule has 0 spiro atoms. The van der Waals surface area contributed by atoms with Gasteiger partial charge in [0, 0.05) is 0 Å². The average Bonchev–Trinajstić information content (AvgIpc) is 2.99. The average molecular weight is 415 g/mol. The van der Waals surface area contributed by atoms with Crippen molar-refractivity contribution in [2.24, 2.45) is 10.1 Å². The second kappa shape index (κ2) is 8.39. The number of nitrogens with two attached hydrogens (primary N) is 1. The molecule has 1 aromatic heterocycles. The van der Waals surface area contributed by atoms with Crippen LogP contribution in [0.15, 0.2) is 58.4 Å². The predicted octanol–water partition coefficient (Wildman–Crippen LogP) is 1.88. The van der Waals surface area contributed by atoms with Gasteiger partial charge in [0.2, 0.25) is 10.0 Å². The number of ether oxygens (including phenoxy) is 1. The topological polar surface area (TPSA) is 104 Å². The standard InChI is InChI=1S/C19H17N3O4S2/c1-2-11-22-16-9-8-15(28(20,24)25)13-17(16)27-19(22)21-18(23)10-12-26-14-6-4-3-5-7-14/h1,3-9,13H,10-12H2,(H2,20,24,25). The van der Waals surface area contributed by atoms with Gasteiger partial charge in [0.25, 0.3) is 5.91 Å². The second-order valence-corrected chi connectivity index (χ2v) is 8.34. The summed E-state index contributed by atoms with van der Waals surface area (Å²) >= 11 is 1.17. The Morgan fingerprint density at radius 1 is 1.25 bits per heavy atom. The minimum Gasteiger partial charge on any atom is -0.493 e. The molecule has 1 amide bonds. The van der Waals surface area contributed by atoms with E-state index in [1.165, 1.54) is 23.5 Å². The van der Waals surface area contributed by atoms with Crippen molar-refractivity contribution < 1.29 is 17.9 Å². The molecule has 0 fully saturated rings. The number of benzene rings is 2. The molecule has 0 bridgehead atoms. The molecular formula is C19H17N3O4S2. The van der Waals surface area contributed by atoms with E-state index < -0.39 is 10.0 Å². The number of sulfonamides is 1. The van der Waals surface area contributed by atoms with E-state index in [0.29, 0.717) is 20.8 Å². The third-order valence-corrected chi connectivity index (χ3v) is 5.73. The van der Waals surface area contributed by atoms with Crippen LogP contribution in [-0.2, 0) is 21.4 Å². The van der Waals surface area contributed by atoms with Gasteiger partial charge in [0.15, 0.2) is 4.80 Å². The van der Waals surface area contributed by atoms with E-state index in [-0.39, 0.29) is 30.4 Å². The Balaban J connectivity index is 1.86. The van der Waals surface area contributed by atoms with Crippen LogP contribution in [0.1, 0.15) is 6.42 Å². The number of hydrogen-bond acceptors (Lipinski definition) is 5. The Labute approximate surface area is 166 Å². The van der Waals surface area contributed by atoms with Crippen molar-refractivity contribution in [1.29, 1.82) is 0 Å². The Morgan fingerprint density at radius 2 is 2.00 bits per heavy atom. The van der Waals surface area contributed by atoms with Gasteiger partial charge in [-0.2, -0.15) is 4.99 Å².